The highest BCUT2D eigenvalue weighted by atomic mass is 35.5. The quantitative estimate of drug-likeness (QED) is 0.782. The average molecular weight is 214 g/mol. The van der Waals surface area contributed by atoms with E-state index in [0.29, 0.717) is 11.9 Å². The number of alkyl halides is 1. The van der Waals surface area contributed by atoms with Gasteiger partial charge in [0.1, 0.15) is 5.82 Å². The standard InChI is InChI=1S/C10H16ClN3/c1-7(4-5-11)13-10-9(3)12-6-8(2)14-10/h6-7H,4-5H2,1-3H3,(H,13,14). The van der Waals surface area contributed by atoms with Crippen molar-refractivity contribution in [3.63, 3.8) is 0 Å². The van der Waals surface area contributed by atoms with E-state index in [2.05, 4.69) is 22.2 Å². The van der Waals surface area contributed by atoms with Crippen LogP contribution in [0.2, 0.25) is 0 Å². The molecule has 0 fully saturated rings. The van der Waals surface area contributed by atoms with Gasteiger partial charge in [-0.15, -0.1) is 11.6 Å². The Labute approximate surface area is 89.9 Å². The molecule has 0 aromatic carbocycles. The maximum absolute atomic E-state index is 5.66. The lowest BCUT2D eigenvalue weighted by Crippen LogP contribution is -2.17. The summed E-state index contributed by atoms with van der Waals surface area (Å²) in [4.78, 5) is 8.61. The molecule has 0 aliphatic rings. The predicted octanol–water partition coefficient (Wildman–Crippen LogP) is 2.52. The number of hydrogen-bond acceptors (Lipinski definition) is 3. The fourth-order valence-corrected chi connectivity index (χ4v) is 1.47. The van der Waals surface area contributed by atoms with Gasteiger partial charge in [0.15, 0.2) is 0 Å². The van der Waals surface area contributed by atoms with Gasteiger partial charge in [-0.3, -0.25) is 4.98 Å². The third-order valence-electron chi connectivity index (χ3n) is 2.00. The molecule has 1 heterocycles. The zero-order valence-electron chi connectivity index (χ0n) is 8.84. The van der Waals surface area contributed by atoms with Crippen molar-refractivity contribution in [3.05, 3.63) is 17.6 Å². The van der Waals surface area contributed by atoms with Crippen molar-refractivity contribution in [2.45, 2.75) is 33.2 Å². The first kappa shape index (κ1) is 11.2. The summed E-state index contributed by atoms with van der Waals surface area (Å²) >= 11 is 5.66. The SMILES string of the molecule is Cc1cnc(C)c(NC(C)CCCl)n1. The molecule has 1 N–H and O–H groups in total. The lowest BCUT2D eigenvalue weighted by molar-refractivity contribution is 0.759. The van der Waals surface area contributed by atoms with Crippen LogP contribution in [-0.2, 0) is 0 Å². The molecule has 0 radical (unpaired) electrons. The zero-order chi connectivity index (χ0) is 10.6. The Morgan fingerprint density at radius 3 is 2.86 bits per heavy atom. The van der Waals surface area contributed by atoms with Crippen molar-refractivity contribution < 1.29 is 0 Å². The highest BCUT2D eigenvalue weighted by molar-refractivity contribution is 6.17. The Hall–Kier alpha value is -0.830. The van der Waals surface area contributed by atoms with Crippen LogP contribution in [0.3, 0.4) is 0 Å². The topological polar surface area (TPSA) is 37.8 Å². The van der Waals surface area contributed by atoms with Gasteiger partial charge in [0.2, 0.25) is 0 Å². The van der Waals surface area contributed by atoms with Gasteiger partial charge >= 0.3 is 0 Å². The summed E-state index contributed by atoms with van der Waals surface area (Å²) in [6, 6.07) is 0.335. The molecule has 0 saturated heterocycles. The van der Waals surface area contributed by atoms with Gasteiger partial charge < -0.3 is 5.32 Å². The number of halogens is 1. The van der Waals surface area contributed by atoms with Crippen molar-refractivity contribution in [1.82, 2.24) is 9.97 Å². The molecule has 0 bridgehead atoms. The van der Waals surface area contributed by atoms with E-state index in [0.717, 1.165) is 23.6 Å². The second kappa shape index (κ2) is 5.15. The molecule has 0 aliphatic heterocycles. The van der Waals surface area contributed by atoms with Crippen LogP contribution < -0.4 is 5.32 Å². The maximum atomic E-state index is 5.66. The molecular weight excluding hydrogens is 198 g/mol. The van der Waals surface area contributed by atoms with Crippen LogP contribution in [0.4, 0.5) is 5.82 Å². The number of nitrogens with one attached hydrogen (secondary N) is 1. The lowest BCUT2D eigenvalue weighted by atomic mass is 10.2. The predicted molar refractivity (Wildman–Crippen MR) is 59.9 cm³/mol. The smallest absolute Gasteiger partial charge is 0.147 e. The minimum atomic E-state index is 0.335. The second-order valence-corrected chi connectivity index (χ2v) is 3.85. The number of rotatable bonds is 4. The average Bonchev–Trinajstić information content (AvgIpc) is 2.12. The van der Waals surface area contributed by atoms with Crippen LogP contribution in [0.1, 0.15) is 24.7 Å². The van der Waals surface area contributed by atoms with Gasteiger partial charge in [-0.1, -0.05) is 0 Å². The fourth-order valence-electron chi connectivity index (χ4n) is 1.14. The molecule has 0 amide bonds. The molecule has 1 aromatic rings. The molecule has 1 atom stereocenters. The largest absolute Gasteiger partial charge is 0.366 e. The monoisotopic (exact) mass is 213 g/mol. The highest BCUT2D eigenvalue weighted by Crippen LogP contribution is 2.11. The van der Waals surface area contributed by atoms with Gasteiger partial charge in [0, 0.05) is 18.1 Å². The molecule has 3 nitrogen and oxygen atoms in total. The van der Waals surface area contributed by atoms with Crippen LogP contribution in [0.5, 0.6) is 0 Å². The molecule has 14 heavy (non-hydrogen) atoms. The number of hydrogen-bond donors (Lipinski definition) is 1. The number of nitrogens with zero attached hydrogens (tertiary/aromatic N) is 2. The van der Waals surface area contributed by atoms with Gasteiger partial charge in [-0.05, 0) is 27.2 Å². The molecule has 0 saturated carbocycles. The second-order valence-electron chi connectivity index (χ2n) is 3.47. The van der Waals surface area contributed by atoms with Crippen molar-refractivity contribution in [1.29, 1.82) is 0 Å². The van der Waals surface area contributed by atoms with Crippen LogP contribution in [0.25, 0.3) is 0 Å². The summed E-state index contributed by atoms with van der Waals surface area (Å²) in [5.41, 5.74) is 1.85. The van der Waals surface area contributed by atoms with Gasteiger partial charge in [-0.25, -0.2) is 4.98 Å². The van der Waals surface area contributed by atoms with E-state index in [4.69, 9.17) is 11.6 Å². The summed E-state index contributed by atoms with van der Waals surface area (Å²) in [5, 5.41) is 3.29. The van der Waals surface area contributed by atoms with Crippen LogP contribution in [0, 0.1) is 13.8 Å². The Balaban J connectivity index is 2.70. The molecule has 1 unspecified atom stereocenters. The van der Waals surface area contributed by atoms with E-state index >= 15 is 0 Å². The Bertz CT molecular complexity index is 301. The minimum Gasteiger partial charge on any atom is -0.366 e. The van der Waals surface area contributed by atoms with E-state index < -0.39 is 0 Å². The van der Waals surface area contributed by atoms with E-state index in [9.17, 15) is 0 Å². The highest BCUT2D eigenvalue weighted by Gasteiger charge is 2.05. The third kappa shape index (κ3) is 3.14. The molecule has 1 aromatic heterocycles. The molecule has 78 valence electrons. The molecule has 4 heteroatoms. The van der Waals surface area contributed by atoms with Crippen LogP contribution >= 0.6 is 11.6 Å². The molecule has 0 aliphatic carbocycles. The summed E-state index contributed by atoms with van der Waals surface area (Å²) < 4.78 is 0. The normalized spacial score (nSPS) is 12.6. The number of aromatic nitrogens is 2. The minimum absolute atomic E-state index is 0.335. The Morgan fingerprint density at radius 1 is 1.50 bits per heavy atom. The Kier molecular flexibility index (Phi) is 4.14. The van der Waals surface area contributed by atoms with Gasteiger partial charge in [0.05, 0.1) is 11.4 Å². The van der Waals surface area contributed by atoms with Crippen molar-refractivity contribution in [2.24, 2.45) is 0 Å². The summed E-state index contributed by atoms with van der Waals surface area (Å²) in [6.07, 6.45) is 2.70. The third-order valence-corrected chi connectivity index (χ3v) is 2.22. The van der Waals surface area contributed by atoms with Gasteiger partial charge in [0.25, 0.3) is 0 Å². The maximum Gasteiger partial charge on any atom is 0.147 e. The van der Waals surface area contributed by atoms with E-state index in [-0.39, 0.29) is 0 Å². The first-order valence-corrected chi connectivity index (χ1v) is 5.29. The summed E-state index contributed by atoms with van der Waals surface area (Å²) in [5.74, 6) is 1.52. The van der Waals surface area contributed by atoms with Crippen molar-refractivity contribution in [2.75, 3.05) is 11.2 Å². The molecule has 0 spiro atoms. The van der Waals surface area contributed by atoms with E-state index in [1.807, 2.05) is 13.8 Å². The molecule has 1 rings (SSSR count). The van der Waals surface area contributed by atoms with E-state index in [1.54, 1.807) is 6.20 Å². The van der Waals surface area contributed by atoms with Crippen LogP contribution in [-0.4, -0.2) is 21.9 Å². The Morgan fingerprint density at radius 2 is 2.21 bits per heavy atom. The first-order chi connectivity index (χ1) is 6.63. The summed E-state index contributed by atoms with van der Waals surface area (Å²) in [7, 11) is 0. The zero-order valence-corrected chi connectivity index (χ0v) is 9.60. The fraction of sp³-hybridized carbons (Fsp3) is 0.600. The lowest BCUT2D eigenvalue weighted by Gasteiger charge is -2.14. The summed E-state index contributed by atoms with van der Waals surface area (Å²) in [6.45, 7) is 5.97. The number of anilines is 1. The first-order valence-electron chi connectivity index (χ1n) is 4.76. The van der Waals surface area contributed by atoms with Crippen molar-refractivity contribution in [3.8, 4) is 0 Å². The van der Waals surface area contributed by atoms with Crippen molar-refractivity contribution >= 4 is 17.4 Å². The molecular formula is C10H16ClN3. The van der Waals surface area contributed by atoms with E-state index in [1.165, 1.54) is 0 Å². The van der Waals surface area contributed by atoms with Crippen LogP contribution in [0.15, 0.2) is 6.20 Å². The number of aryl methyl sites for hydroxylation is 2. The van der Waals surface area contributed by atoms with Gasteiger partial charge in [-0.2, -0.15) is 0 Å².